The number of amides is 3. The van der Waals surface area contributed by atoms with Crippen LogP contribution in [0.3, 0.4) is 0 Å². The van der Waals surface area contributed by atoms with E-state index in [9.17, 15) is 19.5 Å². The van der Waals surface area contributed by atoms with Gasteiger partial charge in [-0.25, -0.2) is 4.79 Å². The van der Waals surface area contributed by atoms with Gasteiger partial charge in [-0.2, -0.15) is 0 Å². The van der Waals surface area contributed by atoms with E-state index in [-0.39, 0.29) is 18.8 Å². The largest absolute Gasteiger partial charge is 0.507 e. The highest BCUT2D eigenvalue weighted by Crippen LogP contribution is 2.32. The summed E-state index contributed by atoms with van der Waals surface area (Å²) in [5.74, 6) is -1.05. The zero-order valence-corrected chi connectivity index (χ0v) is 21.3. The van der Waals surface area contributed by atoms with E-state index in [4.69, 9.17) is 4.74 Å². The maximum atomic E-state index is 13.6. The van der Waals surface area contributed by atoms with Gasteiger partial charge in [0, 0.05) is 17.8 Å². The molecule has 3 aromatic rings. The van der Waals surface area contributed by atoms with Crippen LogP contribution in [-0.4, -0.2) is 46.6 Å². The monoisotopic (exact) mass is 491 g/mol. The molecule has 1 atom stereocenters. The lowest BCUT2D eigenvalue weighted by Crippen LogP contribution is -2.46. The van der Waals surface area contributed by atoms with Gasteiger partial charge < -0.3 is 25.4 Å². The lowest BCUT2D eigenvalue weighted by atomic mass is 9.99. The smallest absolute Gasteiger partial charge is 0.408 e. The minimum absolute atomic E-state index is 0.0671. The third kappa shape index (κ3) is 6.53. The Kier molecular flexibility index (Phi) is 8.19. The molecule has 0 saturated heterocycles. The summed E-state index contributed by atoms with van der Waals surface area (Å²) in [7, 11) is 0. The van der Waals surface area contributed by atoms with Crippen molar-refractivity contribution in [2.75, 3.05) is 18.4 Å². The number of ether oxygens (including phenoxy) is 1. The Balaban J connectivity index is 1.90. The molecular weight excluding hydrogens is 458 g/mol. The number of rotatable bonds is 7. The van der Waals surface area contributed by atoms with Gasteiger partial charge in [0.1, 0.15) is 23.9 Å². The van der Waals surface area contributed by atoms with E-state index in [1.54, 1.807) is 58.9 Å². The molecule has 8 heteroatoms. The second-order valence-corrected chi connectivity index (χ2v) is 9.50. The maximum absolute atomic E-state index is 13.6. The van der Waals surface area contributed by atoms with E-state index < -0.39 is 29.6 Å². The topological polar surface area (TPSA) is 108 Å². The Bertz CT molecular complexity index is 1270. The standard InChI is InChI=1S/C28H33N3O5/c1-6-31(23(32)17-29-27(35)36-28(3,4)5)24(22-13-9-10-18(2)25(22)33)26(34)30-21-15-14-19-11-7-8-12-20(19)16-21/h7-16,24,33H,6,17H2,1-5H3,(H,29,35)(H,30,34). The Morgan fingerprint density at radius 1 is 1.00 bits per heavy atom. The molecule has 3 rings (SSSR count). The van der Waals surface area contributed by atoms with Crippen LogP contribution in [0.15, 0.2) is 60.7 Å². The van der Waals surface area contributed by atoms with Gasteiger partial charge in [0.25, 0.3) is 5.91 Å². The van der Waals surface area contributed by atoms with Crippen LogP contribution in [0.1, 0.15) is 44.9 Å². The van der Waals surface area contributed by atoms with Crippen molar-refractivity contribution in [3.8, 4) is 5.75 Å². The van der Waals surface area contributed by atoms with Crippen LogP contribution in [0.25, 0.3) is 10.8 Å². The summed E-state index contributed by atoms with van der Waals surface area (Å²) < 4.78 is 5.20. The van der Waals surface area contributed by atoms with Gasteiger partial charge in [0.2, 0.25) is 5.91 Å². The number of aryl methyl sites for hydroxylation is 1. The van der Waals surface area contributed by atoms with Gasteiger partial charge in [0.05, 0.1) is 0 Å². The van der Waals surface area contributed by atoms with E-state index in [2.05, 4.69) is 10.6 Å². The minimum atomic E-state index is -1.13. The normalized spacial score (nSPS) is 12.0. The van der Waals surface area contributed by atoms with Crippen molar-refractivity contribution in [3.05, 3.63) is 71.8 Å². The first-order valence-corrected chi connectivity index (χ1v) is 11.8. The van der Waals surface area contributed by atoms with Gasteiger partial charge in [-0.3, -0.25) is 9.59 Å². The highest BCUT2D eigenvalue weighted by molar-refractivity contribution is 6.00. The van der Waals surface area contributed by atoms with E-state index >= 15 is 0 Å². The SMILES string of the molecule is CCN(C(=O)CNC(=O)OC(C)(C)C)C(C(=O)Nc1ccc2ccccc2c1)c1cccc(C)c1O. The van der Waals surface area contributed by atoms with Crippen LogP contribution >= 0.6 is 0 Å². The Hall–Kier alpha value is -4.07. The molecule has 1 unspecified atom stereocenters. The average molecular weight is 492 g/mol. The maximum Gasteiger partial charge on any atom is 0.408 e. The van der Waals surface area contributed by atoms with E-state index in [1.807, 2.05) is 36.4 Å². The number of phenolic OH excluding ortho intramolecular Hbond substituents is 1. The molecule has 0 aliphatic rings. The molecule has 0 saturated carbocycles. The number of fused-ring (bicyclic) bond motifs is 1. The first-order chi connectivity index (χ1) is 17.0. The number of nitrogens with zero attached hydrogens (tertiary/aromatic N) is 1. The highest BCUT2D eigenvalue weighted by atomic mass is 16.6. The number of likely N-dealkylation sites (N-methyl/N-ethyl adjacent to an activating group) is 1. The molecule has 0 radical (unpaired) electrons. The molecule has 0 bridgehead atoms. The van der Waals surface area contributed by atoms with Crippen LogP contribution in [0.5, 0.6) is 5.75 Å². The Morgan fingerprint density at radius 3 is 2.36 bits per heavy atom. The Morgan fingerprint density at radius 2 is 1.69 bits per heavy atom. The predicted molar refractivity (Wildman–Crippen MR) is 140 cm³/mol. The first kappa shape index (κ1) is 26.5. The number of para-hydroxylation sites is 1. The summed E-state index contributed by atoms with van der Waals surface area (Å²) in [6, 6.07) is 17.2. The molecule has 0 aromatic heterocycles. The number of alkyl carbamates (subject to hydrolysis) is 1. The molecular formula is C28H33N3O5. The fourth-order valence-corrected chi connectivity index (χ4v) is 3.90. The lowest BCUT2D eigenvalue weighted by Gasteiger charge is -2.31. The predicted octanol–water partition coefficient (Wildman–Crippen LogP) is 4.91. The van der Waals surface area contributed by atoms with Gasteiger partial charge in [-0.05, 0) is 63.1 Å². The van der Waals surface area contributed by atoms with E-state index in [1.165, 1.54) is 4.90 Å². The molecule has 3 aromatic carbocycles. The second kappa shape index (κ2) is 11.1. The number of carbonyl (C=O) groups is 3. The number of hydrogen-bond donors (Lipinski definition) is 3. The molecule has 0 aliphatic heterocycles. The van der Waals surface area contributed by atoms with E-state index in [0.717, 1.165) is 10.8 Å². The van der Waals surface area contributed by atoms with Crippen LogP contribution in [-0.2, 0) is 14.3 Å². The molecule has 36 heavy (non-hydrogen) atoms. The summed E-state index contributed by atoms with van der Waals surface area (Å²) >= 11 is 0. The van der Waals surface area contributed by atoms with Crippen molar-refractivity contribution in [3.63, 3.8) is 0 Å². The lowest BCUT2D eigenvalue weighted by molar-refractivity contribution is -0.138. The molecule has 0 spiro atoms. The summed E-state index contributed by atoms with van der Waals surface area (Å²) in [5.41, 5.74) is 0.714. The summed E-state index contributed by atoms with van der Waals surface area (Å²) in [6.45, 7) is 8.42. The van der Waals surface area contributed by atoms with Crippen molar-refractivity contribution in [1.82, 2.24) is 10.2 Å². The molecule has 0 heterocycles. The number of aromatic hydroxyl groups is 1. The van der Waals surface area contributed by atoms with Gasteiger partial charge >= 0.3 is 6.09 Å². The third-order valence-electron chi connectivity index (χ3n) is 5.58. The van der Waals surface area contributed by atoms with Crippen molar-refractivity contribution >= 4 is 34.4 Å². The van der Waals surface area contributed by atoms with Gasteiger partial charge in [-0.15, -0.1) is 0 Å². The number of benzene rings is 3. The van der Waals surface area contributed by atoms with Crippen LogP contribution in [0.2, 0.25) is 0 Å². The fourth-order valence-electron chi connectivity index (χ4n) is 3.90. The van der Waals surface area contributed by atoms with Crippen molar-refractivity contribution in [1.29, 1.82) is 0 Å². The van der Waals surface area contributed by atoms with Gasteiger partial charge in [0.15, 0.2) is 0 Å². The highest BCUT2D eigenvalue weighted by Gasteiger charge is 2.33. The summed E-state index contributed by atoms with van der Waals surface area (Å²) in [6.07, 6.45) is -0.734. The molecule has 3 N–H and O–H groups in total. The number of phenols is 1. The average Bonchev–Trinajstić information content (AvgIpc) is 2.82. The first-order valence-electron chi connectivity index (χ1n) is 11.8. The summed E-state index contributed by atoms with van der Waals surface area (Å²) in [5, 5.41) is 18.1. The van der Waals surface area contributed by atoms with Crippen LogP contribution < -0.4 is 10.6 Å². The molecule has 0 fully saturated rings. The zero-order chi connectivity index (χ0) is 26.5. The van der Waals surface area contributed by atoms with Crippen LogP contribution in [0, 0.1) is 6.92 Å². The van der Waals surface area contributed by atoms with Crippen molar-refractivity contribution in [2.24, 2.45) is 0 Å². The number of carbonyl (C=O) groups excluding carboxylic acids is 3. The van der Waals surface area contributed by atoms with Gasteiger partial charge in [-0.1, -0.05) is 48.5 Å². The van der Waals surface area contributed by atoms with Crippen LogP contribution in [0.4, 0.5) is 10.5 Å². The second-order valence-electron chi connectivity index (χ2n) is 9.50. The third-order valence-corrected chi connectivity index (χ3v) is 5.58. The Labute approximate surface area is 211 Å². The number of hydrogen-bond acceptors (Lipinski definition) is 5. The fraction of sp³-hybridized carbons (Fsp3) is 0.321. The minimum Gasteiger partial charge on any atom is -0.507 e. The molecule has 0 aliphatic carbocycles. The van der Waals surface area contributed by atoms with Crippen molar-refractivity contribution < 1.29 is 24.2 Å². The summed E-state index contributed by atoms with van der Waals surface area (Å²) in [4.78, 5) is 40.2. The number of nitrogens with one attached hydrogen (secondary N) is 2. The molecule has 3 amide bonds. The van der Waals surface area contributed by atoms with E-state index in [0.29, 0.717) is 16.8 Å². The molecule has 8 nitrogen and oxygen atoms in total. The zero-order valence-electron chi connectivity index (χ0n) is 21.3. The van der Waals surface area contributed by atoms with Crippen molar-refractivity contribution in [2.45, 2.75) is 46.3 Å². The quantitative estimate of drug-likeness (QED) is 0.435. The number of anilines is 1. The molecule has 190 valence electrons.